The first-order chi connectivity index (χ1) is 17.2. The van der Waals surface area contributed by atoms with Crippen LogP contribution < -0.4 is 14.4 Å². The third-order valence-electron chi connectivity index (χ3n) is 5.84. The van der Waals surface area contributed by atoms with Gasteiger partial charge in [0.2, 0.25) is 0 Å². The van der Waals surface area contributed by atoms with Crippen molar-refractivity contribution in [2.24, 2.45) is 0 Å². The Morgan fingerprint density at radius 1 is 0.972 bits per heavy atom. The second kappa shape index (κ2) is 9.91. The number of aliphatic hydroxyl groups excluding tert-OH is 1. The molecule has 1 aliphatic rings. The molecular formula is C27H22FNO7. The Kier molecular flexibility index (Phi) is 6.73. The largest absolute Gasteiger partial charge is 0.507 e. The molecule has 4 rings (SSSR count). The summed E-state index contributed by atoms with van der Waals surface area (Å²) < 4.78 is 24.6. The third kappa shape index (κ3) is 4.50. The molecule has 2 N–H and O–H groups in total. The summed E-state index contributed by atoms with van der Waals surface area (Å²) in [6.45, 7) is 0. The first-order valence-corrected chi connectivity index (χ1v) is 10.8. The highest BCUT2D eigenvalue weighted by atomic mass is 19.1. The fourth-order valence-corrected chi connectivity index (χ4v) is 4.19. The zero-order valence-corrected chi connectivity index (χ0v) is 19.4. The van der Waals surface area contributed by atoms with Crippen molar-refractivity contribution in [3.05, 3.63) is 94.8 Å². The molecule has 0 saturated carbocycles. The van der Waals surface area contributed by atoms with Crippen molar-refractivity contribution in [3.63, 3.8) is 0 Å². The summed E-state index contributed by atoms with van der Waals surface area (Å²) in [6.07, 6.45) is -0.211. The van der Waals surface area contributed by atoms with Crippen molar-refractivity contribution in [1.82, 2.24) is 0 Å². The first kappa shape index (κ1) is 24.5. The molecule has 1 fully saturated rings. The Balaban J connectivity index is 1.93. The van der Waals surface area contributed by atoms with Crippen LogP contribution in [0.3, 0.4) is 0 Å². The van der Waals surface area contributed by atoms with Gasteiger partial charge in [-0.25, -0.2) is 4.39 Å². The normalized spacial score (nSPS) is 16.8. The van der Waals surface area contributed by atoms with Gasteiger partial charge in [-0.1, -0.05) is 24.3 Å². The number of anilines is 1. The minimum Gasteiger partial charge on any atom is -0.507 e. The van der Waals surface area contributed by atoms with Crippen molar-refractivity contribution in [2.45, 2.75) is 12.5 Å². The molecule has 36 heavy (non-hydrogen) atoms. The van der Waals surface area contributed by atoms with E-state index >= 15 is 0 Å². The summed E-state index contributed by atoms with van der Waals surface area (Å²) in [7, 11) is 2.80. The van der Waals surface area contributed by atoms with Gasteiger partial charge >= 0.3 is 5.97 Å². The lowest BCUT2D eigenvalue weighted by Crippen LogP contribution is -2.29. The number of hydrogen-bond acceptors (Lipinski definition) is 6. The van der Waals surface area contributed by atoms with E-state index in [4.69, 9.17) is 14.6 Å². The Bertz CT molecular complexity index is 1380. The maximum Gasteiger partial charge on any atom is 0.307 e. The van der Waals surface area contributed by atoms with Crippen molar-refractivity contribution in [1.29, 1.82) is 0 Å². The molecule has 8 nitrogen and oxygen atoms in total. The van der Waals surface area contributed by atoms with Crippen molar-refractivity contribution >= 4 is 29.1 Å². The lowest BCUT2D eigenvalue weighted by atomic mass is 9.94. The van der Waals surface area contributed by atoms with Gasteiger partial charge in [0, 0.05) is 5.69 Å². The Morgan fingerprint density at radius 2 is 1.69 bits per heavy atom. The monoisotopic (exact) mass is 491 g/mol. The molecule has 1 aliphatic heterocycles. The Labute approximate surface area is 205 Å². The van der Waals surface area contributed by atoms with E-state index in [9.17, 15) is 23.9 Å². The molecule has 3 aromatic rings. The first-order valence-electron chi connectivity index (χ1n) is 10.8. The molecule has 1 unspecified atom stereocenters. The van der Waals surface area contributed by atoms with E-state index in [-0.39, 0.29) is 23.3 Å². The van der Waals surface area contributed by atoms with Gasteiger partial charge in [-0.05, 0) is 53.6 Å². The van der Waals surface area contributed by atoms with E-state index in [1.807, 2.05) is 0 Å². The molecule has 184 valence electrons. The van der Waals surface area contributed by atoms with Crippen LogP contribution in [0.5, 0.6) is 11.5 Å². The number of ketones is 1. The SMILES string of the molecule is COc1cccc(C2/C(=C(\O)c3cc(F)ccc3OC)C(=O)C(=O)N2c2ccc(CC(=O)O)cc2)c1. The maximum atomic E-state index is 14.1. The number of amides is 1. The Hall–Kier alpha value is -4.66. The summed E-state index contributed by atoms with van der Waals surface area (Å²) in [6, 6.07) is 15.2. The number of nitrogens with zero attached hydrogens (tertiary/aromatic N) is 1. The molecule has 0 radical (unpaired) electrons. The van der Waals surface area contributed by atoms with Crippen LogP contribution in [0.15, 0.2) is 72.3 Å². The lowest BCUT2D eigenvalue weighted by molar-refractivity contribution is -0.136. The third-order valence-corrected chi connectivity index (χ3v) is 5.84. The van der Waals surface area contributed by atoms with E-state index in [1.165, 1.54) is 37.3 Å². The fraction of sp³-hybridized carbons (Fsp3) is 0.148. The molecule has 0 spiro atoms. The van der Waals surface area contributed by atoms with Crippen molar-refractivity contribution in [3.8, 4) is 11.5 Å². The smallest absolute Gasteiger partial charge is 0.307 e. The number of carboxylic acids is 1. The lowest BCUT2D eigenvalue weighted by Gasteiger charge is -2.26. The number of carbonyl (C=O) groups is 3. The van der Waals surface area contributed by atoms with Crippen LogP contribution in [-0.2, 0) is 20.8 Å². The summed E-state index contributed by atoms with van der Waals surface area (Å²) >= 11 is 0. The van der Waals surface area contributed by atoms with Crippen LogP contribution >= 0.6 is 0 Å². The average molecular weight is 491 g/mol. The van der Waals surface area contributed by atoms with Crippen molar-refractivity contribution in [2.75, 3.05) is 19.1 Å². The van der Waals surface area contributed by atoms with Crippen LogP contribution in [0.2, 0.25) is 0 Å². The second-order valence-electron chi connectivity index (χ2n) is 8.03. The second-order valence-corrected chi connectivity index (χ2v) is 8.03. The standard InChI is InChI=1S/C27H22FNO7/c1-35-19-5-3-4-16(13-19)24-23(25(32)20-14-17(28)8-11-21(20)36-2)26(33)27(34)29(24)18-9-6-15(7-10-18)12-22(30)31/h3-11,13-14,24,32H,12H2,1-2H3,(H,30,31)/b25-23+. The number of benzene rings is 3. The summed E-state index contributed by atoms with van der Waals surface area (Å²) in [5.41, 5.74) is 0.932. The van der Waals surface area contributed by atoms with Crippen molar-refractivity contribution < 1.29 is 38.5 Å². The number of aliphatic hydroxyl groups is 1. The number of ether oxygens (including phenoxy) is 2. The van der Waals surface area contributed by atoms with Gasteiger partial charge in [-0.3, -0.25) is 19.3 Å². The molecule has 3 aromatic carbocycles. The summed E-state index contributed by atoms with van der Waals surface area (Å²) in [5, 5.41) is 20.3. The molecule has 0 aromatic heterocycles. The predicted octanol–water partition coefficient (Wildman–Crippen LogP) is 4.10. The highest BCUT2D eigenvalue weighted by Gasteiger charge is 2.47. The van der Waals surface area contributed by atoms with E-state index in [2.05, 4.69) is 0 Å². The minimum atomic E-state index is -1.08. The molecule has 0 aliphatic carbocycles. The van der Waals surface area contributed by atoms with Gasteiger partial charge in [0.25, 0.3) is 11.7 Å². The number of carboxylic acid groups (broad SMARTS) is 1. The van der Waals surface area contributed by atoms with Gasteiger partial charge < -0.3 is 19.7 Å². The molecule has 1 saturated heterocycles. The average Bonchev–Trinajstić information content (AvgIpc) is 3.14. The van der Waals surface area contributed by atoms with Crippen LogP contribution in [-0.4, -0.2) is 42.1 Å². The number of aliphatic carboxylic acids is 1. The molecule has 1 heterocycles. The zero-order valence-electron chi connectivity index (χ0n) is 19.4. The Morgan fingerprint density at radius 3 is 2.33 bits per heavy atom. The molecule has 1 amide bonds. The number of halogens is 1. The van der Waals surface area contributed by atoms with Gasteiger partial charge in [0.15, 0.2) is 0 Å². The number of Topliss-reactive ketones (excluding diaryl/α,β-unsaturated/α-hetero) is 1. The van der Waals surface area contributed by atoms with Gasteiger partial charge in [0.1, 0.15) is 23.1 Å². The molecule has 9 heteroatoms. The number of methoxy groups -OCH3 is 2. The van der Waals surface area contributed by atoms with Crippen LogP contribution in [0.1, 0.15) is 22.7 Å². The van der Waals surface area contributed by atoms with Gasteiger partial charge in [0.05, 0.1) is 37.8 Å². The highest BCUT2D eigenvalue weighted by Crippen LogP contribution is 2.44. The van der Waals surface area contributed by atoms with Gasteiger partial charge in [-0.15, -0.1) is 0 Å². The minimum absolute atomic E-state index is 0.0831. The predicted molar refractivity (Wildman–Crippen MR) is 129 cm³/mol. The van der Waals surface area contributed by atoms with Crippen LogP contribution in [0.25, 0.3) is 5.76 Å². The van der Waals surface area contributed by atoms with E-state index in [0.29, 0.717) is 22.6 Å². The summed E-state index contributed by atoms with van der Waals surface area (Å²) in [4.78, 5) is 38.8. The fourth-order valence-electron chi connectivity index (χ4n) is 4.19. The molecular weight excluding hydrogens is 469 g/mol. The number of carbonyl (C=O) groups excluding carboxylic acids is 2. The molecule has 0 bridgehead atoms. The van der Waals surface area contributed by atoms with E-state index < -0.39 is 35.3 Å². The van der Waals surface area contributed by atoms with Gasteiger partial charge in [-0.2, -0.15) is 0 Å². The molecule has 1 atom stereocenters. The highest BCUT2D eigenvalue weighted by molar-refractivity contribution is 6.51. The van der Waals surface area contributed by atoms with E-state index in [1.54, 1.807) is 36.4 Å². The zero-order chi connectivity index (χ0) is 26.0. The maximum absolute atomic E-state index is 14.1. The van der Waals surface area contributed by atoms with Crippen LogP contribution in [0, 0.1) is 5.82 Å². The summed E-state index contributed by atoms with van der Waals surface area (Å²) in [5.74, 6) is -3.59. The van der Waals surface area contributed by atoms with Crippen LogP contribution in [0.4, 0.5) is 10.1 Å². The number of hydrogen-bond donors (Lipinski definition) is 2. The topological polar surface area (TPSA) is 113 Å². The number of rotatable bonds is 7. The quantitative estimate of drug-likeness (QED) is 0.291. The van der Waals surface area contributed by atoms with E-state index in [0.717, 1.165) is 12.1 Å².